The number of amides is 1. The Morgan fingerprint density at radius 3 is 2.35 bits per heavy atom. The molecule has 0 aliphatic carbocycles. The van der Waals surface area contributed by atoms with Gasteiger partial charge in [0.25, 0.3) is 0 Å². The Morgan fingerprint density at radius 1 is 1.41 bits per heavy atom. The van der Waals surface area contributed by atoms with E-state index in [2.05, 4.69) is 10.3 Å². The van der Waals surface area contributed by atoms with Crippen LogP contribution in [0.15, 0.2) is 12.4 Å². The van der Waals surface area contributed by atoms with Crippen LogP contribution in [0.4, 0.5) is 0 Å². The summed E-state index contributed by atoms with van der Waals surface area (Å²) >= 11 is 11.9. The van der Waals surface area contributed by atoms with Gasteiger partial charge >= 0.3 is 0 Å². The number of rotatable bonds is 5. The fraction of sp³-hybridized carbons (Fsp3) is 0.455. The van der Waals surface area contributed by atoms with Crippen molar-refractivity contribution in [2.75, 3.05) is 0 Å². The molecular weight excluding hydrogens is 261 g/mol. The first-order chi connectivity index (χ1) is 7.93. The van der Waals surface area contributed by atoms with E-state index in [1.807, 2.05) is 13.8 Å². The lowest BCUT2D eigenvalue weighted by atomic mass is 10.0. The summed E-state index contributed by atoms with van der Waals surface area (Å²) in [4.78, 5) is 15.1. The van der Waals surface area contributed by atoms with Crippen molar-refractivity contribution in [1.82, 2.24) is 10.3 Å². The van der Waals surface area contributed by atoms with Gasteiger partial charge in [0.05, 0.1) is 16.1 Å². The van der Waals surface area contributed by atoms with Crippen LogP contribution in [0.1, 0.15) is 19.4 Å². The van der Waals surface area contributed by atoms with Crippen molar-refractivity contribution in [3.8, 4) is 0 Å². The molecule has 1 heterocycles. The topological polar surface area (TPSA) is 68.0 Å². The molecule has 0 fully saturated rings. The SMILES string of the molecule is CC(C)C(NCc1c(Cl)cncc1Cl)C(N)=O. The van der Waals surface area contributed by atoms with Crippen molar-refractivity contribution >= 4 is 29.1 Å². The van der Waals surface area contributed by atoms with Crippen molar-refractivity contribution in [1.29, 1.82) is 0 Å². The van der Waals surface area contributed by atoms with Crippen LogP contribution in [0, 0.1) is 5.92 Å². The third-order valence-electron chi connectivity index (χ3n) is 2.42. The Hall–Kier alpha value is -0.840. The maximum absolute atomic E-state index is 11.2. The van der Waals surface area contributed by atoms with E-state index in [1.54, 1.807) is 0 Å². The number of hydrogen-bond donors (Lipinski definition) is 2. The zero-order valence-corrected chi connectivity index (χ0v) is 11.2. The van der Waals surface area contributed by atoms with Gasteiger partial charge in [-0.3, -0.25) is 9.78 Å². The van der Waals surface area contributed by atoms with Gasteiger partial charge in [-0.05, 0) is 5.92 Å². The fourth-order valence-electron chi connectivity index (χ4n) is 1.48. The van der Waals surface area contributed by atoms with Crippen LogP contribution in [-0.2, 0) is 11.3 Å². The molecule has 1 rings (SSSR count). The van der Waals surface area contributed by atoms with E-state index in [0.29, 0.717) is 16.6 Å². The maximum Gasteiger partial charge on any atom is 0.234 e. The number of nitrogens with zero attached hydrogens (tertiary/aromatic N) is 1. The summed E-state index contributed by atoms with van der Waals surface area (Å²) in [6.07, 6.45) is 3.03. The van der Waals surface area contributed by atoms with Gasteiger partial charge in [-0.2, -0.15) is 0 Å². The van der Waals surface area contributed by atoms with Crippen LogP contribution in [0.5, 0.6) is 0 Å². The number of nitrogens with two attached hydrogens (primary N) is 1. The Balaban J connectivity index is 2.75. The molecule has 0 aliphatic rings. The van der Waals surface area contributed by atoms with Crippen molar-refractivity contribution < 1.29 is 4.79 Å². The highest BCUT2D eigenvalue weighted by Crippen LogP contribution is 2.22. The standard InChI is InChI=1S/C11H15Cl2N3O/c1-6(2)10(11(14)17)16-3-7-8(12)4-15-5-9(7)13/h4-6,10,16H,3H2,1-2H3,(H2,14,17). The van der Waals surface area contributed by atoms with E-state index in [9.17, 15) is 4.79 Å². The monoisotopic (exact) mass is 275 g/mol. The Kier molecular flexibility index (Phi) is 5.18. The van der Waals surface area contributed by atoms with Crippen LogP contribution in [0.25, 0.3) is 0 Å². The molecule has 3 N–H and O–H groups in total. The second kappa shape index (κ2) is 6.19. The van der Waals surface area contributed by atoms with Gasteiger partial charge in [0.2, 0.25) is 5.91 Å². The smallest absolute Gasteiger partial charge is 0.234 e. The molecule has 6 heteroatoms. The summed E-state index contributed by atoms with van der Waals surface area (Å²) in [5.41, 5.74) is 6.02. The molecule has 1 amide bonds. The molecule has 94 valence electrons. The van der Waals surface area contributed by atoms with Gasteiger partial charge in [-0.1, -0.05) is 37.0 Å². The molecule has 0 aliphatic heterocycles. The Bertz CT molecular complexity index is 389. The summed E-state index contributed by atoms with van der Waals surface area (Å²) in [7, 11) is 0. The number of nitrogens with one attached hydrogen (secondary N) is 1. The predicted octanol–water partition coefficient (Wildman–Crippen LogP) is 1.99. The minimum absolute atomic E-state index is 0.104. The van der Waals surface area contributed by atoms with E-state index in [4.69, 9.17) is 28.9 Å². The number of carbonyl (C=O) groups is 1. The lowest BCUT2D eigenvalue weighted by Crippen LogP contribution is -2.44. The molecule has 4 nitrogen and oxygen atoms in total. The van der Waals surface area contributed by atoms with Crippen molar-refractivity contribution in [2.24, 2.45) is 11.7 Å². The van der Waals surface area contributed by atoms with Gasteiger partial charge < -0.3 is 11.1 Å². The average Bonchev–Trinajstić information content (AvgIpc) is 2.21. The molecular formula is C11H15Cl2N3O. The second-order valence-corrected chi connectivity index (χ2v) is 4.90. The van der Waals surface area contributed by atoms with E-state index < -0.39 is 6.04 Å². The van der Waals surface area contributed by atoms with Crippen molar-refractivity contribution in [2.45, 2.75) is 26.4 Å². The summed E-state index contributed by atoms with van der Waals surface area (Å²) in [5, 5.41) is 3.98. The third kappa shape index (κ3) is 3.84. The molecule has 0 saturated carbocycles. The van der Waals surface area contributed by atoms with Gasteiger partial charge in [0, 0.05) is 24.5 Å². The molecule has 0 saturated heterocycles. The highest BCUT2D eigenvalue weighted by molar-refractivity contribution is 6.35. The molecule has 0 spiro atoms. The normalized spacial score (nSPS) is 12.8. The zero-order chi connectivity index (χ0) is 13.0. The van der Waals surface area contributed by atoms with E-state index in [-0.39, 0.29) is 11.8 Å². The van der Waals surface area contributed by atoms with Gasteiger partial charge in [-0.15, -0.1) is 0 Å². The minimum atomic E-state index is -0.407. The van der Waals surface area contributed by atoms with Crippen LogP contribution < -0.4 is 11.1 Å². The second-order valence-electron chi connectivity index (χ2n) is 4.09. The lowest BCUT2D eigenvalue weighted by Gasteiger charge is -2.19. The Morgan fingerprint density at radius 2 is 1.94 bits per heavy atom. The number of primary amides is 1. The number of carbonyl (C=O) groups excluding carboxylic acids is 1. The summed E-state index contributed by atoms with van der Waals surface area (Å²) in [6.45, 7) is 4.21. The molecule has 1 aromatic rings. The zero-order valence-electron chi connectivity index (χ0n) is 9.71. The molecule has 1 atom stereocenters. The highest BCUT2D eigenvalue weighted by atomic mass is 35.5. The van der Waals surface area contributed by atoms with Crippen LogP contribution >= 0.6 is 23.2 Å². The molecule has 0 radical (unpaired) electrons. The average molecular weight is 276 g/mol. The first-order valence-electron chi connectivity index (χ1n) is 5.24. The number of halogens is 2. The summed E-state index contributed by atoms with van der Waals surface area (Å²) < 4.78 is 0. The summed E-state index contributed by atoms with van der Waals surface area (Å²) in [6, 6.07) is -0.407. The van der Waals surface area contributed by atoms with Crippen LogP contribution in [0.3, 0.4) is 0 Å². The van der Waals surface area contributed by atoms with Crippen molar-refractivity contribution in [3.05, 3.63) is 28.0 Å². The van der Waals surface area contributed by atoms with E-state index in [1.165, 1.54) is 12.4 Å². The third-order valence-corrected chi connectivity index (χ3v) is 3.08. The predicted molar refractivity (Wildman–Crippen MR) is 68.9 cm³/mol. The Labute approximate surface area is 110 Å². The molecule has 0 bridgehead atoms. The van der Waals surface area contributed by atoms with Gasteiger partial charge in [0.1, 0.15) is 0 Å². The molecule has 1 unspecified atom stereocenters. The van der Waals surface area contributed by atoms with Crippen molar-refractivity contribution in [3.63, 3.8) is 0 Å². The first-order valence-corrected chi connectivity index (χ1v) is 5.99. The lowest BCUT2D eigenvalue weighted by molar-refractivity contribution is -0.121. The maximum atomic E-state index is 11.2. The molecule has 17 heavy (non-hydrogen) atoms. The van der Waals surface area contributed by atoms with Gasteiger partial charge in [-0.25, -0.2) is 0 Å². The first kappa shape index (κ1) is 14.2. The molecule has 1 aromatic heterocycles. The van der Waals surface area contributed by atoms with Crippen LogP contribution in [-0.4, -0.2) is 16.9 Å². The van der Waals surface area contributed by atoms with E-state index >= 15 is 0 Å². The number of aromatic nitrogens is 1. The quantitative estimate of drug-likeness (QED) is 0.864. The fourth-order valence-corrected chi connectivity index (χ4v) is 1.98. The highest BCUT2D eigenvalue weighted by Gasteiger charge is 2.19. The number of pyridine rings is 1. The van der Waals surface area contributed by atoms with Gasteiger partial charge in [0.15, 0.2) is 0 Å². The van der Waals surface area contributed by atoms with E-state index in [0.717, 1.165) is 5.56 Å². The largest absolute Gasteiger partial charge is 0.368 e. The molecule has 0 aromatic carbocycles. The summed E-state index contributed by atoms with van der Waals surface area (Å²) in [5.74, 6) is -0.284. The number of hydrogen-bond acceptors (Lipinski definition) is 3. The van der Waals surface area contributed by atoms with Crippen LogP contribution in [0.2, 0.25) is 10.0 Å². The minimum Gasteiger partial charge on any atom is -0.368 e.